The molecule has 0 unspecified atom stereocenters. The Morgan fingerprint density at radius 2 is 1.92 bits per heavy atom. The number of carbonyl (C=O) groups is 1. The van der Waals surface area contributed by atoms with E-state index in [4.69, 9.17) is 4.74 Å². The Morgan fingerprint density at radius 1 is 1.24 bits per heavy atom. The van der Waals surface area contributed by atoms with Crippen molar-refractivity contribution in [2.75, 3.05) is 39.3 Å². The van der Waals surface area contributed by atoms with Gasteiger partial charge >= 0.3 is 6.03 Å². The molecule has 9 heteroatoms. The van der Waals surface area contributed by atoms with Crippen LogP contribution in [0.25, 0.3) is 0 Å². The van der Waals surface area contributed by atoms with Gasteiger partial charge in [-0.3, -0.25) is 0 Å². The molecule has 25 heavy (non-hydrogen) atoms. The molecule has 0 atom stereocenters. The molecule has 2 rings (SSSR count). The average Bonchev–Trinajstić information content (AvgIpc) is 2.61. The van der Waals surface area contributed by atoms with Crippen LogP contribution in [0.4, 0.5) is 9.18 Å². The number of urea groups is 1. The van der Waals surface area contributed by atoms with Crippen molar-refractivity contribution in [3.05, 3.63) is 24.0 Å². The molecule has 1 heterocycles. The molecular weight excluding hydrogens is 349 g/mol. The van der Waals surface area contributed by atoms with Crippen LogP contribution in [0.15, 0.2) is 23.1 Å². The fraction of sp³-hybridized carbons (Fsp3) is 0.562. The lowest BCUT2D eigenvalue weighted by molar-refractivity contribution is 0.172. The Hall–Kier alpha value is -1.87. The Labute approximate surface area is 147 Å². The highest BCUT2D eigenvalue weighted by molar-refractivity contribution is 7.89. The Morgan fingerprint density at radius 3 is 2.48 bits per heavy atom. The van der Waals surface area contributed by atoms with Crippen molar-refractivity contribution in [1.29, 1.82) is 0 Å². The summed E-state index contributed by atoms with van der Waals surface area (Å²) in [6.07, 6.45) is 0.837. The highest BCUT2D eigenvalue weighted by Crippen LogP contribution is 2.24. The summed E-state index contributed by atoms with van der Waals surface area (Å²) in [6, 6.07) is 3.44. The van der Waals surface area contributed by atoms with Crippen LogP contribution < -0.4 is 10.1 Å². The Kier molecular flexibility index (Phi) is 6.60. The maximum absolute atomic E-state index is 14.0. The predicted molar refractivity (Wildman–Crippen MR) is 91.6 cm³/mol. The minimum absolute atomic E-state index is 0.0267. The molecule has 1 aliphatic heterocycles. The number of benzene rings is 1. The lowest BCUT2D eigenvalue weighted by Crippen LogP contribution is -2.53. The van der Waals surface area contributed by atoms with Crippen molar-refractivity contribution in [3.8, 4) is 5.75 Å². The predicted octanol–water partition coefficient (Wildman–Crippen LogP) is 1.65. The van der Waals surface area contributed by atoms with E-state index in [9.17, 15) is 17.6 Å². The van der Waals surface area contributed by atoms with Crippen molar-refractivity contribution in [3.63, 3.8) is 0 Å². The first kappa shape index (κ1) is 19.5. The van der Waals surface area contributed by atoms with E-state index in [2.05, 4.69) is 5.32 Å². The Balaban J connectivity index is 2.04. The number of hydrogen-bond acceptors (Lipinski definition) is 4. The van der Waals surface area contributed by atoms with Crippen LogP contribution in [-0.2, 0) is 10.0 Å². The third-order valence-corrected chi connectivity index (χ3v) is 5.79. The van der Waals surface area contributed by atoms with E-state index in [1.165, 1.54) is 16.4 Å². The number of halogens is 1. The van der Waals surface area contributed by atoms with Gasteiger partial charge in [0.05, 0.1) is 11.5 Å². The zero-order chi connectivity index (χ0) is 18.4. The van der Waals surface area contributed by atoms with Crippen molar-refractivity contribution in [2.45, 2.75) is 25.2 Å². The topological polar surface area (TPSA) is 79.0 Å². The molecule has 0 spiro atoms. The Bertz CT molecular complexity index is 703. The van der Waals surface area contributed by atoms with E-state index < -0.39 is 15.8 Å². The number of hydrogen-bond donors (Lipinski definition) is 1. The maximum Gasteiger partial charge on any atom is 0.317 e. The fourth-order valence-corrected chi connectivity index (χ4v) is 3.97. The number of ether oxygens (including phenoxy) is 1. The van der Waals surface area contributed by atoms with E-state index >= 15 is 0 Å². The number of sulfonamides is 1. The molecule has 0 aromatic heterocycles. The third kappa shape index (κ3) is 4.60. The van der Waals surface area contributed by atoms with Gasteiger partial charge in [-0.2, -0.15) is 4.31 Å². The second-order valence-electron chi connectivity index (χ2n) is 5.65. The molecule has 0 bridgehead atoms. The van der Waals surface area contributed by atoms with Crippen LogP contribution in [0.3, 0.4) is 0 Å². The van der Waals surface area contributed by atoms with Gasteiger partial charge in [-0.05, 0) is 31.5 Å². The highest BCUT2D eigenvalue weighted by atomic mass is 32.2. The lowest BCUT2D eigenvalue weighted by atomic mass is 10.3. The summed E-state index contributed by atoms with van der Waals surface area (Å²) in [4.78, 5) is 13.4. The van der Waals surface area contributed by atoms with E-state index in [-0.39, 0.29) is 29.8 Å². The summed E-state index contributed by atoms with van der Waals surface area (Å²) in [6.45, 7) is 5.52. The van der Waals surface area contributed by atoms with Crippen LogP contribution in [0.1, 0.15) is 20.3 Å². The molecule has 1 aromatic carbocycles. The van der Waals surface area contributed by atoms with Crippen LogP contribution in [0, 0.1) is 5.82 Å². The van der Waals surface area contributed by atoms with Crippen LogP contribution in [0.5, 0.6) is 5.75 Å². The molecule has 1 aromatic rings. The summed E-state index contributed by atoms with van der Waals surface area (Å²) in [5, 5.41) is 2.77. The van der Waals surface area contributed by atoms with Gasteiger partial charge in [0.25, 0.3) is 0 Å². The SMILES string of the molecule is CCCNC(=O)N1CCN(S(=O)(=O)c2ccc(OCC)c(F)c2)CC1. The molecule has 0 radical (unpaired) electrons. The summed E-state index contributed by atoms with van der Waals surface area (Å²) in [5.41, 5.74) is 0. The van der Waals surface area contributed by atoms with Gasteiger partial charge in [0.2, 0.25) is 10.0 Å². The quantitative estimate of drug-likeness (QED) is 0.822. The van der Waals surface area contributed by atoms with Gasteiger partial charge in [-0.1, -0.05) is 6.92 Å². The van der Waals surface area contributed by atoms with E-state index in [1.807, 2.05) is 6.92 Å². The molecule has 2 amide bonds. The molecule has 7 nitrogen and oxygen atoms in total. The number of carbonyl (C=O) groups excluding carboxylic acids is 1. The monoisotopic (exact) mass is 373 g/mol. The molecule has 1 fully saturated rings. The first-order valence-corrected chi connectivity index (χ1v) is 9.79. The van der Waals surface area contributed by atoms with Gasteiger partial charge in [-0.25, -0.2) is 17.6 Å². The summed E-state index contributed by atoms with van der Waals surface area (Å²) in [7, 11) is -3.80. The second kappa shape index (κ2) is 8.48. The van der Waals surface area contributed by atoms with Crippen molar-refractivity contribution >= 4 is 16.1 Å². The molecular formula is C16H24FN3O4S. The normalized spacial score (nSPS) is 15.9. The van der Waals surface area contributed by atoms with Crippen molar-refractivity contribution < 1.29 is 22.3 Å². The van der Waals surface area contributed by atoms with Crippen LogP contribution >= 0.6 is 0 Å². The average molecular weight is 373 g/mol. The third-order valence-electron chi connectivity index (χ3n) is 3.89. The highest BCUT2D eigenvalue weighted by Gasteiger charge is 2.30. The standard InChI is InChI=1S/C16H24FN3O4S/c1-3-7-18-16(21)19-8-10-20(11-9-19)25(22,23)13-5-6-15(24-4-2)14(17)12-13/h5-6,12H,3-4,7-11H2,1-2H3,(H,18,21). The number of piperazine rings is 1. The molecule has 0 saturated carbocycles. The van der Waals surface area contributed by atoms with Crippen molar-refractivity contribution in [2.24, 2.45) is 0 Å². The fourth-order valence-electron chi connectivity index (χ4n) is 2.54. The molecule has 1 aliphatic rings. The number of nitrogens with zero attached hydrogens (tertiary/aromatic N) is 2. The van der Waals surface area contributed by atoms with Gasteiger partial charge in [0.1, 0.15) is 0 Å². The molecule has 1 saturated heterocycles. The van der Waals surface area contributed by atoms with E-state index in [1.54, 1.807) is 11.8 Å². The minimum Gasteiger partial charge on any atom is -0.491 e. The molecule has 1 N–H and O–H groups in total. The summed E-state index contributed by atoms with van der Waals surface area (Å²) in [5.74, 6) is -0.681. The molecule has 140 valence electrons. The maximum atomic E-state index is 14.0. The van der Waals surface area contributed by atoms with Crippen LogP contribution in [0.2, 0.25) is 0 Å². The number of amides is 2. The second-order valence-corrected chi connectivity index (χ2v) is 7.59. The van der Waals surface area contributed by atoms with E-state index in [0.717, 1.165) is 12.5 Å². The van der Waals surface area contributed by atoms with Gasteiger partial charge in [0.15, 0.2) is 11.6 Å². The van der Waals surface area contributed by atoms with Crippen LogP contribution in [-0.4, -0.2) is 63.0 Å². The smallest absolute Gasteiger partial charge is 0.317 e. The first-order valence-electron chi connectivity index (χ1n) is 8.35. The zero-order valence-corrected chi connectivity index (χ0v) is 15.3. The van der Waals surface area contributed by atoms with Crippen molar-refractivity contribution in [1.82, 2.24) is 14.5 Å². The molecule has 0 aliphatic carbocycles. The lowest BCUT2D eigenvalue weighted by Gasteiger charge is -2.34. The largest absolute Gasteiger partial charge is 0.491 e. The minimum atomic E-state index is -3.80. The number of nitrogens with one attached hydrogen (secondary N) is 1. The van der Waals surface area contributed by atoms with E-state index in [0.29, 0.717) is 26.2 Å². The van der Waals surface area contributed by atoms with Gasteiger partial charge in [0, 0.05) is 32.7 Å². The first-order chi connectivity index (χ1) is 11.9. The summed E-state index contributed by atoms with van der Waals surface area (Å²) < 4.78 is 45.6. The number of rotatable bonds is 6. The van der Waals surface area contributed by atoms with Gasteiger partial charge in [-0.15, -0.1) is 0 Å². The van der Waals surface area contributed by atoms with Gasteiger partial charge < -0.3 is 15.0 Å². The zero-order valence-electron chi connectivity index (χ0n) is 14.5. The summed E-state index contributed by atoms with van der Waals surface area (Å²) >= 11 is 0.